The molecule has 0 saturated carbocycles. The maximum absolute atomic E-state index is 12.3. The van der Waals surface area contributed by atoms with Crippen molar-refractivity contribution < 1.29 is 23.9 Å². The van der Waals surface area contributed by atoms with Crippen LogP contribution in [-0.2, 0) is 20.8 Å². The van der Waals surface area contributed by atoms with Crippen LogP contribution < -0.4 is 25.0 Å². The molecule has 2 aromatic carbocycles. The van der Waals surface area contributed by atoms with E-state index in [-0.39, 0.29) is 5.91 Å². The zero-order valence-electron chi connectivity index (χ0n) is 16.0. The smallest absolute Gasteiger partial charge is 0.314 e. The van der Waals surface area contributed by atoms with E-state index in [1.165, 1.54) is 6.92 Å². The first kappa shape index (κ1) is 18.8. The molecule has 3 amide bonds. The first-order chi connectivity index (χ1) is 14.0. The van der Waals surface area contributed by atoms with Gasteiger partial charge in [-0.05, 0) is 42.7 Å². The molecule has 0 unspecified atom stereocenters. The van der Waals surface area contributed by atoms with Crippen LogP contribution in [0.25, 0.3) is 0 Å². The number of benzene rings is 2. The second-order valence-corrected chi connectivity index (χ2v) is 6.88. The van der Waals surface area contributed by atoms with E-state index in [4.69, 9.17) is 9.47 Å². The van der Waals surface area contributed by atoms with Gasteiger partial charge in [0.15, 0.2) is 11.5 Å². The van der Waals surface area contributed by atoms with Crippen molar-refractivity contribution in [2.45, 2.75) is 19.8 Å². The minimum Gasteiger partial charge on any atom is -0.486 e. The maximum atomic E-state index is 12.3. The van der Waals surface area contributed by atoms with Gasteiger partial charge in [0.05, 0.1) is 0 Å². The Bertz CT molecular complexity index is 988. The van der Waals surface area contributed by atoms with Gasteiger partial charge < -0.3 is 25.0 Å². The second kappa shape index (κ2) is 7.83. The molecule has 4 rings (SSSR count). The number of anilines is 3. The lowest BCUT2D eigenvalue weighted by Gasteiger charge is -2.29. The molecule has 8 heteroatoms. The van der Waals surface area contributed by atoms with Crippen LogP contribution in [-0.4, -0.2) is 37.5 Å². The van der Waals surface area contributed by atoms with E-state index in [2.05, 4.69) is 10.6 Å². The van der Waals surface area contributed by atoms with E-state index >= 15 is 0 Å². The lowest BCUT2D eigenvalue weighted by atomic mass is 10.0. The van der Waals surface area contributed by atoms with E-state index in [1.54, 1.807) is 35.2 Å². The number of nitrogens with one attached hydrogen (secondary N) is 2. The predicted octanol–water partition coefficient (Wildman–Crippen LogP) is 2.33. The molecule has 0 atom stereocenters. The minimum atomic E-state index is -0.803. The van der Waals surface area contributed by atoms with Crippen LogP contribution in [0.3, 0.4) is 0 Å². The Hall–Kier alpha value is -3.55. The van der Waals surface area contributed by atoms with Gasteiger partial charge in [0.2, 0.25) is 5.91 Å². The quantitative estimate of drug-likeness (QED) is 0.761. The summed E-state index contributed by atoms with van der Waals surface area (Å²) in [6, 6.07) is 10.3. The van der Waals surface area contributed by atoms with Crippen molar-refractivity contribution in [2.75, 3.05) is 35.3 Å². The van der Waals surface area contributed by atoms with Crippen molar-refractivity contribution in [3.8, 4) is 11.5 Å². The Morgan fingerprint density at radius 1 is 0.897 bits per heavy atom. The van der Waals surface area contributed by atoms with Gasteiger partial charge in [-0.1, -0.05) is 6.07 Å². The molecule has 0 saturated heterocycles. The number of hydrogen-bond donors (Lipinski definition) is 2. The molecule has 0 aromatic heterocycles. The molecular formula is C21H21N3O5. The molecule has 2 N–H and O–H groups in total. The zero-order valence-corrected chi connectivity index (χ0v) is 16.0. The van der Waals surface area contributed by atoms with Gasteiger partial charge in [-0.15, -0.1) is 0 Å². The van der Waals surface area contributed by atoms with E-state index in [1.807, 2.05) is 6.07 Å². The summed E-state index contributed by atoms with van der Waals surface area (Å²) in [5.74, 6) is -0.533. The van der Waals surface area contributed by atoms with Crippen molar-refractivity contribution in [1.29, 1.82) is 0 Å². The number of amides is 3. The highest BCUT2D eigenvalue weighted by molar-refractivity contribution is 6.43. The van der Waals surface area contributed by atoms with Gasteiger partial charge in [-0.3, -0.25) is 14.4 Å². The van der Waals surface area contributed by atoms with Crippen molar-refractivity contribution in [3.63, 3.8) is 0 Å². The fourth-order valence-corrected chi connectivity index (χ4v) is 3.48. The molecule has 2 aromatic rings. The van der Waals surface area contributed by atoms with E-state index in [9.17, 15) is 14.4 Å². The third kappa shape index (κ3) is 4.01. The fraction of sp³-hybridized carbons (Fsp3) is 0.286. The topological polar surface area (TPSA) is 97.0 Å². The van der Waals surface area contributed by atoms with Crippen LogP contribution in [0.15, 0.2) is 36.4 Å². The van der Waals surface area contributed by atoms with E-state index in [0.717, 1.165) is 24.1 Å². The molecule has 29 heavy (non-hydrogen) atoms. The van der Waals surface area contributed by atoms with Crippen molar-refractivity contribution in [1.82, 2.24) is 0 Å². The van der Waals surface area contributed by atoms with Gasteiger partial charge in [0, 0.05) is 36.6 Å². The third-order valence-electron chi connectivity index (χ3n) is 4.85. The Kier molecular flexibility index (Phi) is 5.07. The van der Waals surface area contributed by atoms with Crippen molar-refractivity contribution >= 4 is 34.8 Å². The Labute approximate surface area is 167 Å². The molecule has 2 heterocycles. The second-order valence-electron chi connectivity index (χ2n) is 6.88. The summed E-state index contributed by atoms with van der Waals surface area (Å²) in [4.78, 5) is 38.2. The molecule has 0 aliphatic carbocycles. The SMILES string of the molecule is CC(=O)N1CCCc2ccc(NC(=O)C(=O)Nc3ccc4c(c3)OCCO4)cc21. The fourth-order valence-electron chi connectivity index (χ4n) is 3.48. The van der Waals surface area contributed by atoms with Crippen LogP contribution in [0.4, 0.5) is 17.1 Å². The number of nitrogens with zero attached hydrogens (tertiary/aromatic N) is 1. The van der Waals surface area contributed by atoms with Crippen LogP contribution in [0.5, 0.6) is 11.5 Å². The summed E-state index contributed by atoms with van der Waals surface area (Å²) in [6.07, 6.45) is 1.77. The first-order valence-electron chi connectivity index (χ1n) is 9.44. The van der Waals surface area contributed by atoms with Gasteiger partial charge >= 0.3 is 11.8 Å². The Morgan fingerprint density at radius 2 is 1.55 bits per heavy atom. The van der Waals surface area contributed by atoms with Crippen molar-refractivity contribution in [3.05, 3.63) is 42.0 Å². The van der Waals surface area contributed by atoms with Crippen LogP contribution >= 0.6 is 0 Å². The highest BCUT2D eigenvalue weighted by Gasteiger charge is 2.22. The zero-order chi connectivity index (χ0) is 20.4. The summed E-state index contributed by atoms with van der Waals surface area (Å²) >= 11 is 0. The van der Waals surface area contributed by atoms with E-state index in [0.29, 0.717) is 42.6 Å². The number of ether oxygens (including phenoxy) is 2. The van der Waals surface area contributed by atoms with Gasteiger partial charge in [0.25, 0.3) is 0 Å². The minimum absolute atomic E-state index is 0.0502. The summed E-state index contributed by atoms with van der Waals surface area (Å²) < 4.78 is 10.9. The molecule has 0 radical (unpaired) electrons. The highest BCUT2D eigenvalue weighted by atomic mass is 16.6. The molecule has 2 aliphatic rings. The molecule has 2 aliphatic heterocycles. The third-order valence-corrected chi connectivity index (χ3v) is 4.85. The average Bonchev–Trinajstić information content (AvgIpc) is 2.73. The molecule has 0 spiro atoms. The number of rotatable bonds is 2. The molecule has 150 valence electrons. The standard InChI is InChI=1S/C21H21N3O5/c1-13(25)24-8-2-3-14-4-5-15(11-17(14)24)22-20(26)21(27)23-16-6-7-18-19(12-16)29-10-9-28-18/h4-7,11-12H,2-3,8-10H2,1H3,(H,22,26)(H,23,27). The van der Waals surface area contributed by atoms with Gasteiger partial charge in [0.1, 0.15) is 13.2 Å². The summed E-state index contributed by atoms with van der Waals surface area (Å²) in [7, 11) is 0. The van der Waals surface area contributed by atoms with E-state index < -0.39 is 11.8 Å². The summed E-state index contributed by atoms with van der Waals surface area (Å²) in [5, 5.41) is 5.14. The number of aryl methyl sites for hydroxylation is 1. The normalized spacial score (nSPS) is 14.6. The van der Waals surface area contributed by atoms with Crippen LogP contribution in [0, 0.1) is 0 Å². The summed E-state index contributed by atoms with van der Waals surface area (Å²) in [5.41, 5.74) is 2.71. The monoisotopic (exact) mass is 395 g/mol. The lowest BCUT2D eigenvalue weighted by Crippen LogP contribution is -2.34. The van der Waals surface area contributed by atoms with Crippen LogP contribution in [0.1, 0.15) is 18.9 Å². The van der Waals surface area contributed by atoms with Crippen molar-refractivity contribution in [2.24, 2.45) is 0 Å². The maximum Gasteiger partial charge on any atom is 0.314 e. The lowest BCUT2D eigenvalue weighted by molar-refractivity contribution is -0.133. The summed E-state index contributed by atoms with van der Waals surface area (Å²) in [6.45, 7) is 3.06. The Balaban J connectivity index is 1.44. The number of carbonyl (C=O) groups excluding carboxylic acids is 3. The average molecular weight is 395 g/mol. The molecular weight excluding hydrogens is 374 g/mol. The van der Waals surface area contributed by atoms with Crippen LogP contribution in [0.2, 0.25) is 0 Å². The molecule has 8 nitrogen and oxygen atoms in total. The first-order valence-corrected chi connectivity index (χ1v) is 9.44. The predicted molar refractivity (Wildman–Crippen MR) is 107 cm³/mol. The Morgan fingerprint density at radius 3 is 2.28 bits per heavy atom. The van der Waals surface area contributed by atoms with Gasteiger partial charge in [-0.25, -0.2) is 0 Å². The molecule has 0 bridgehead atoms. The highest BCUT2D eigenvalue weighted by Crippen LogP contribution is 2.33. The van der Waals surface area contributed by atoms with Gasteiger partial charge in [-0.2, -0.15) is 0 Å². The number of hydrogen-bond acceptors (Lipinski definition) is 5. The molecule has 0 fully saturated rings. The number of fused-ring (bicyclic) bond motifs is 2. The largest absolute Gasteiger partial charge is 0.486 e. The number of carbonyl (C=O) groups is 3.